The summed E-state index contributed by atoms with van der Waals surface area (Å²) in [5.41, 5.74) is 0.374. The summed E-state index contributed by atoms with van der Waals surface area (Å²) in [6.07, 6.45) is 0.647. The monoisotopic (exact) mass is 318 g/mol. The molecule has 0 saturated heterocycles. The molecular weight excluding hydrogens is 295 g/mol. The molecule has 0 heterocycles. The fraction of sp³-hybridized carbons (Fsp3) is 0.571. The number of hydrogen-bond acceptors (Lipinski definition) is 4. The van der Waals surface area contributed by atoms with Crippen LogP contribution >= 0.6 is 0 Å². The summed E-state index contributed by atoms with van der Waals surface area (Å²) >= 11 is 0. The van der Waals surface area contributed by atoms with Gasteiger partial charge in [0, 0.05) is 19.6 Å². The summed E-state index contributed by atoms with van der Waals surface area (Å²) in [7, 11) is -0.200. The van der Waals surface area contributed by atoms with Crippen molar-refractivity contribution in [2.24, 2.45) is 0 Å². The highest BCUT2D eigenvalue weighted by Crippen LogP contribution is 2.21. The van der Waals surface area contributed by atoms with Gasteiger partial charge in [0.25, 0.3) is 0 Å². The third-order valence-electron chi connectivity index (χ3n) is 3.07. The van der Waals surface area contributed by atoms with E-state index in [1.807, 2.05) is 25.9 Å². The van der Waals surface area contributed by atoms with Crippen molar-refractivity contribution in [2.45, 2.75) is 24.8 Å². The number of hydrogen-bond donors (Lipinski definition) is 1. The highest BCUT2D eigenvalue weighted by molar-refractivity contribution is 7.89. The lowest BCUT2D eigenvalue weighted by molar-refractivity contribution is 0.281. The first-order chi connectivity index (χ1) is 9.82. The predicted molar refractivity (Wildman–Crippen MR) is 79.9 cm³/mol. The average molecular weight is 318 g/mol. The molecule has 1 N–H and O–H groups in total. The lowest BCUT2D eigenvalue weighted by Crippen LogP contribution is -2.37. The van der Waals surface area contributed by atoms with Gasteiger partial charge in [0.2, 0.25) is 10.0 Å². The number of likely N-dealkylation sites (N-methyl/N-ethyl adjacent to an activating group) is 1. The molecule has 120 valence electrons. The van der Waals surface area contributed by atoms with Crippen LogP contribution in [0.4, 0.5) is 4.39 Å². The molecular formula is C14H23FN2O3S. The summed E-state index contributed by atoms with van der Waals surface area (Å²) < 4.78 is 40.4. The van der Waals surface area contributed by atoms with Crippen LogP contribution in [-0.2, 0) is 16.6 Å². The Kier molecular flexibility index (Phi) is 6.73. The largest absolute Gasteiger partial charge is 0.392 e. The second-order valence-corrected chi connectivity index (χ2v) is 7.04. The van der Waals surface area contributed by atoms with Gasteiger partial charge < -0.3 is 10.0 Å². The maximum absolute atomic E-state index is 13.9. The molecule has 0 aliphatic heterocycles. The smallest absolute Gasteiger partial charge is 0.246 e. The summed E-state index contributed by atoms with van der Waals surface area (Å²) in [5.74, 6) is -0.793. The quantitative estimate of drug-likeness (QED) is 0.784. The molecule has 1 aromatic rings. The molecule has 5 nitrogen and oxygen atoms in total. The molecule has 0 aliphatic carbocycles. The van der Waals surface area contributed by atoms with Crippen molar-refractivity contribution in [3.63, 3.8) is 0 Å². The summed E-state index contributed by atoms with van der Waals surface area (Å²) in [6, 6.07) is 3.65. The van der Waals surface area contributed by atoms with Crippen molar-refractivity contribution in [1.82, 2.24) is 9.21 Å². The van der Waals surface area contributed by atoms with E-state index in [0.717, 1.165) is 6.07 Å². The van der Waals surface area contributed by atoms with Crippen molar-refractivity contribution in [3.8, 4) is 0 Å². The fourth-order valence-electron chi connectivity index (χ4n) is 1.90. The Bertz CT molecular complexity index is 561. The summed E-state index contributed by atoms with van der Waals surface area (Å²) in [4.78, 5) is 1.50. The number of sulfonamides is 1. The van der Waals surface area contributed by atoms with Crippen LogP contribution in [0.25, 0.3) is 0 Å². The standard InChI is InChI=1S/C14H23FN2O3S/c1-4-7-17(9-8-16(2)3)21(19,20)14-10-12(11-18)5-6-13(14)15/h5-6,10,18H,4,7-9,11H2,1-3H3. The van der Waals surface area contributed by atoms with Crippen molar-refractivity contribution in [1.29, 1.82) is 0 Å². The van der Waals surface area contributed by atoms with Crippen LogP contribution in [0.3, 0.4) is 0 Å². The minimum Gasteiger partial charge on any atom is -0.392 e. The fourth-order valence-corrected chi connectivity index (χ4v) is 3.53. The molecule has 0 spiro atoms. The van der Waals surface area contributed by atoms with Gasteiger partial charge in [0.05, 0.1) is 6.61 Å². The van der Waals surface area contributed by atoms with Crippen LogP contribution in [-0.4, -0.2) is 56.5 Å². The third kappa shape index (κ3) is 4.74. The van der Waals surface area contributed by atoms with Crippen LogP contribution in [0.15, 0.2) is 23.1 Å². The van der Waals surface area contributed by atoms with Gasteiger partial charge in [-0.25, -0.2) is 12.8 Å². The molecule has 0 radical (unpaired) electrons. The van der Waals surface area contributed by atoms with E-state index in [1.54, 1.807) is 0 Å². The normalized spacial score (nSPS) is 12.3. The Morgan fingerprint density at radius 1 is 1.19 bits per heavy atom. The Morgan fingerprint density at radius 2 is 1.86 bits per heavy atom. The van der Waals surface area contributed by atoms with Crippen LogP contribution in [0.2, 0.25) is 0 Å². The topological polar surface area (TPSA) is 60.9 Å². The molecule has 0 aromatic heterocycles. The van der Waals surface area contributed by atoms with E-state index in [0.29, 0.717) is 31.6 Å². The molecule has 0 fully saturated rings. The summed E-state index contributed by atoms with van der Waals surface area (Å²) in [6.45, 7) is 2.73. The first-order valence-corrected chi connectivity index (χ1v) is 8.31. The first-order valence-electron chi connectivity index (χ1n) is 6.87. The van der Waals surface area contributed by atoms with Gasteiger partial charge >= 0.3 is 0 Å². The Hall–Kier alpha value is -1.02. The lowest BCUT2D eigenvalue weighted by atomic mass is 10.2. The number of aliphatic hydroxyl groups excluding tert-OH is 1. The van der Waals surface area contributed by atoms with E-state index in [2.05, 4.69) is 0 Å². The molecule has 7 heteroatoms. The molecule has 1 rings (SSSR count). The van der Waals surface area contributed by atoms with E-state index >= 15 is 0 Å². The van der Waals surface area contributed by atoms with Gasteiger partial charge in [0.15, 0.2) is 0 Å². The lowest BCUT2D eigenvalue weighted by Gasteiger charge is -2.23. The SMILES string of the molecule is CCCN(CCN(C)C)S(=O)(=O)c1cc(CO)ccc1F. The molecule has 0 unspecified atom stereocenters. The van der Waals surface area contributed by atoms with Gasteiger partial charge in [-0.15, -0.1) is 0 Å². The Balaban J connectivity index is 3.15. The molecule has 0 bridgehead atoms. The molecule has 0 aliphatic rings. The number of halogens is 1. The number of nitrogens with zero attached hydrogens (tertiary/aromatic N) is 2. The van der Waals surface area contributed by atoms with Crippen LogP contribution in [0.1, 0.15) is 18.9 Å². The second kappa shape index (κ2) is 7.84. The minimum absolute atomic E-state index is 0.298. The molecule has 0 amide bonds. The maximum Gasteiger partial charge on any atom is 0.246 e. The van der Waals surface area contributed by atoms with E-state index in [-0.39, 0.29) is 11.5 Å². The zero-order chi connectivity index (χ0) is 16.0. The number of rotatable bonds is 8. The van der Waals surface area contributed by atoms with E-state index in [4.69, 9.17) is 5.11 Å². The van der Waals surface area contributed by atoms with E-state index in [9.17, 15) is 12.8 Å². The van der Waals surface area contributed by atoms with Crippen LogP contribution < -0.4 is 0 Å². The highest BCUT2D eigenvalue weighted by atomic mass is 32.2. The van der Waals surface area contributed by atoms with Gasteiger partial charge in [0.1, 0.15) is 10.7 Å². The van der Waals surface area contributed by atoms with E-state index < -0.39 is 15.8 Å². The summed E-state index contributed by atoms with van der Waals surface area (Å²) in [5, 5.41) is 9.10. The molecule has 0 atom stereocenters. The highest BCUT2D eigenvalue weighted by Gasteiger charge is 2.27. The maximum atomic E-state index is 13.9. The third-order valence-corrected chi connectivity index (χ3v) is 4.98. The van der Waals surface area contributed by atoms with Crippen LogP contribution in [0, 0.1) is 5.82 Å². The van der Waals surface area contributed by atoms with Crippen molar-refractivity contribution < 1.29 is 17.9 Å². The Labute approximate surface area is 126 Å². The minimum atomic E-state index is -3.90. The van der Waals surface area contributed by atoms with Crippen LogP contribution in [0.5, 0.6) is 0 Å². The average Bonchev–Trinajstić information content (AvgIpc) is 2.43. The van der Waals surface area contributed by atoms with Gasteiger partial charge in [-0.3, -0.25) is 0 Å². The second-order valence-electron chi connectivity index (χ2n) is 5.13. The van der Waals surface area contributed by atoms with Crippen molar-refractivity contribution >= 4 is 10.0 Å². The van der Waals surface area contributed by atoms with Crippen molar-refractivity contribution in [3.05, 3.63) is 29.6 Å². The van der Waals surface area contributed by atoms with Gasteiger partial charge in [-0.2, -0.15) is 4.31 Å². The number of aliphatic hydroxyl groups is 1. The zero-order valence-corrected chi connectivity index (χ0v) is 13.5. The van der Waals surface area contributed by atoms with E-state index in [1.165, 1.54) is 16.4 Å². The van der Waals surface area contributed by atoms with Crippen molar-refractivity contribution in [2.75, 3.05) is 33.7 Å². The van der Waals surface area contributed by atoms with Gasteiger partial charge in [-0.05, 0) is 38.2 Å². The Morgan fingerprint density at radius 3 is 2.38 bits per heavy atom. The number of benzene rings is 1. The molecule has 1 aromatic carbocycles. The van der Waals surface area contributed by atoms with Gasteiger partial charge in [-0.1, -0.05) is 13.0 Å². The first kappa shape index (κ1) is 18.0. The molecule has 21 heavy (non-hydrogen) atoms. The molecule has 0 saturated carbocycles. The predicted octanol–water partition coefficient (Wildman–Crippen LogP) is 1.28. The zero-order valence-electron chi connectivity index (χ0n) is 12.7.